The zero-order chi connectivity index (χ0) is 13.5. The van der Waals surface area contributed by atoms with Crippen LogP contribution in [0.25, 0.3) is 6.08 Å². The number of thioether (sulfide) groups is 1. The van der Waals surface area contributed by atoms with Crippen molar-refractivity contribution in [1.82, 2.24) is 5.32 Å². The number of amides is 1. The van der Waals surface area contributed by atoms with Crippen LogP contribution in [0.2, 0.25) is 0 Å². The standard InChI is InChI=1S/C15H15NOS2/c1-18-14-5-2-12(3-6-14)4-7-15(17)16-10-13-8-9-19-11-13/h2-9,11H,10H2,1H3,(H,16,17). The maximum absolute atomic E-state index is 11.6. The molecule has 4 heteroatoms. The van der Waals surface area contributed by atoms with E-state index in [0.29, 0.717) is 6.54 Å². The molecule has 1 aromatic carbocycles. The lowest BCUT2D eigenvalue weighted by Crippen LogP contribution is -2.19. The molecular formula is C15H15NOS2. The molecule has 2 rings (SSSR count). The van der Waals surface area contributed by atoms with Crippen molar-refractivity contribution in [3.63, 3.8) is 0 Å². The average molecular weight is 289 g/mol. The number of carbonyl (C=O) groups excluding carboxylic acids is 1. The first kappa shape index (κ1) is 13.9. The lowest BCUT2D eigenvalue weighted by atomic mass is 10.2. The molecule has 1 amide bonds. The third kappa shape index (κ3) is 4.58. The van der Waals surface area contributed by atoms with Gasteiger partial charge in [-0.3, -0.25) is 4.79 Å². The van der Waals surface area contributed by atoms with E-state index in [1.165, 1.54) is 4.90 Å². The van der Waals surface area contributed by atoms with Gasteiger partial charge in [-0.25, -0.2) is 0 Å². The first-order valence-electron chi connectivity index (χ1n) is 5.89. The van der Waals surface area contributed by atoms with Crippen LogP contribution >= 0.6 is 23.1 Å². The van der Waals surface area contributed by atoms with Crippen LogP contribution in [0.15, 0.2) is 52.1 Å². The Labute approximate surface area is 121 Å². The van der Waals surface area contributed by atoms with E-state index in [4.69, 9.17) is 0 Å². The normalized spacial score (nSPS) is 10.8. The molecule has 0 atom stereocenters. The molecule has 0 saturated heterocycles. The Morgan fingerprint density at radius 2 is 2.11 bits per heavy atom. The van der Waals surface area contributed by atoms with Gasteiger partial charge in [-0.1, -0.05) is 12.1 Å². The quantitative estimate of drug-likeness (QED) is 0.670. The molecule has 1 aromatic heterocycles. The van der Waals surface area contributed by atoms with Gasteiger partial charge in [0, 0.05) is 17.5 Å². The van der Waals surface area contributed by atoms with Crippen molar-refractivity contribution in [2.75, 3.05) is 6.26 Å². The van der Waals surface area contributed by atoms with Crippen molar-refractivity contribution in [3.8, 4) is 0 Å². The third-order valence-electron chi connectivity index (χ3n) is 2.59. The molecule has 0 aliphatic heterocycles. The topological polar surface area (TPSA) is 29.1 Å². The highest BCUT2D eigenvalue weighted by Gasteiger charge is 1.97. The van der Waals surface area contributed by atoms with Crippen LogP contribution in [0.5, 0.6) is 0 Å². The lowest BCUT2D eigenvalue weighted by molar-refractivity contribution is -0.116. The van der Waals surface area contributed by atoms with E-state index >= 15 is 0 Å². The Morgan fingerprint density at radius 1 is 1.32 bits per heavy atom. The van der Waals surface area contributed by atoms with Crippen LogP contribution in [0.1, 0.15) is 11.1 Å². The van der Waals surface area contributed by atoms with E-state index in [0.717, 1.165) is 11.1 Å². The Balaban J connectivity index is 1.85. The molecule has 1 N–H and O–H groups in total. The van der Waals surface area contributed by atoms with Crippen molar-refractivity contribution in [1.29, 1.82) is 0 Å². The van der Waals surface area contributed by atoms with E-state index in [1.54, 1.807) is 29.2 Å². The predicted octanol–water partition coefficient (Wildman–Crippen LogP) is 3.80. The van der Waals surface area contributed by atoms with Crippen LogP contribution in [0, 0.1) is 0 Å². The van der Waals surface area contributed by atoms with E-state index in [9.17, 15) is 4.79 Å². The molecule has 0 radical (unpaired) electrons. The van der Waals surface area contributed by atoms with Gasteiger partial charge in [0.2, 0.25) is 5.91 Å². The summed E-state index contributed by atoms with van der Waals surface area (Å²) >= 11 is 3.34. The number of carbonyl (C=O) groups is 1. The summed E-state index contributed by atoms with van der Waals surface area (Å²) in [4.78, 5) is 12.9. The fourth-order valence-electron chi connectivity index (χ4n) is 1.53. The molecule has 0 unspecified atom stereocenters. The molecule has 0 bridgehead atoms. The summed E-state index contributed by atoms with van der Waals surface area (Å²) in [5.74, 6) is -0.0693. The minimum absolute atomic E-state index is 0.0693. The maximum atomic E-state index is 11.6. The maximum Gasteiger partial charge on any atom is 0.244 e. The first-order valence-corrected chi connectivity index (χ1v) is 8.06. The zero-order valence-electron chi connectivity index (χ0n) is 10.6. The second-order valence-corrected chi connectivity index (χ2v) is 5.62. The minimum Gasteiger partial charge on any atom is -0.348 e. The lowest BCUT2D eigenvalue weighted by Gasteiger charge is -2.00. The van der Waals surface area contributed by atoms with Gasteiger partial charge in [-0.15, -0.1) is 11.8 Å². The summed E-state index contributed by atoms with van der Waals surface area (Å²) in [6, 6.07) is 10.1. The summed E-state index contributed by atoms with van der Waals surface area (Å²) in [6.45, 7) is 0.581. The van der Waals surface area contributed by atoms with Crippen molar-refractivity contribution >= 4 is 35.1 Å². The van der Waals surface area contributed by atoms with E-state index < -0.39 is 0 Å². The highest BCUT2D eigenvalue weighted by Crippen LogP contribution is 2.15. The molecule has 0 aliphatic carbocycles. The van der Waals surface area contributed by atoms with Gasteiger partial charge in [0.05, 0.1) is 0 Å². The van der Waals surface area contributed by atoms with Crippen molar-refractivity contribution < 1.29 is 4.79 Å². The van der Waals surface area contributed by atoms with E-state index in [1.807, 2.05) is 53.4 Å². The van der Waals surface area contributed by atoms with Crippen LogP contribution in [0.3, 0.4) is 0 Å². The molecule has 0 aliphatic rings. The van der Waals surface area contributed by atoms with Crippen molar-refractivity contribution in [2.45, 2.75) is 11.4 Å². The Hall–Kier alpha value is -1.52. The zero-order valence-corrected chi connectivity index (χ0v) is 12.3. The average Bonchev–Trinajstić information content (AvgIpc) is 2.96. The van der Waals surface area contributed by atoms with Crippen LogP contribution in [0.4, 0.5) is 0 Å². The summed E-state index contributed by atoms with van der Waals surface area (Å²) in [6.07, 6.45) is 5.44. The number of nitrogens with one attached hydrogen (secondary N) is 1. The summed E-state index contributed by atoms with van der Waals surface area (Å²) in [5.41, 5.74) is 2.17. The van der Waals surface area contributed by atoms with Gasteiger partial charge < -0.3 is 5.32 Å². The van der Waals surface area contributed by atoms with E-state index in [2.05, 4.69) is 5.32 Å². The number of benzene rings is 1. The number of rotatable bonds is 5. The third-order valence-corrected chi connectivity index (χ3v) is 4.07. The Bertz CT molecular complexity index is 544. The van der Waals surface area contributed by atoms with Crippen LogP contribution in [-0.2, 0) is 11.3 Å². The SMILES string of the molecule is CSc1ccc(C=CC(=O)NCc2ccsc2)cc1. The molecule has 1 heterocycles. The molecular weight excluding hydrogens is 274 g/mol. The van der Waals surface area contributed by atoms with E-state index in [-0.39, 0.29) is 5.91 Å². The van der Waals surface area contributed by atoms with Crippen molar-refractivity contribution in [2.24, 2.45) is 0 Å². The molecule has 2 nitrogen and oxygen atoms in total. The van der Waals surface area contributed by atoms with Gasteiger partial charge in [0.25, 0.3) is 0 Å². The fourth-order valence-corrected chi connectivity index (χ4v) is 2.61. The van der Waals surface area contributed by atoms with Gasteiger partial charge in [-0.05, 0) is 52.4 Å². The molecule has 0 saturated carbocycles. The summed E-state index contributed by atoms with van der Waals surface area (Å²) < 4.78 is 0. The molecule has 19 heavy (non-hydrogen) atoms. The molecule has 0 spiro atoms. The molecule has 98 valence electrons. The predicted molar refractivity (Wildman–Crippen MR) is 83.4 cm³/mol. The summed E-state index contributed by atoms with van der Waals surface area (Å²) in [7, 11) is 0. The highest BCUT2D eigenvalue weighted by atomic mass is 32.2. The number of thiophene rings is 1. The van der Waals surface area contributed by atoms with Crippen LogP contribution < -0.4 is 5.32 Å². The van der Waals surface area contributed by atoms with Crippen LogP contribution in [-0.4, -0.2) is 12.2 Å². The Kier molecular flexibility index (Phi) is 5.24. The van der Waals surface area contributed by atoms with Gasteiger partial charge in [0.1, 0.15) is 0 Å². The van der Waals surface area contributed by atoms with Gasteiger partial charge in [0.15, 0.2) is 0 Å². The highest BCUT2D eigenvalue weighted by molar-refractivity contribution is 7.98. The minimum atomic E-state index is -0.0693. The molecule has 2 aromatic rings. The summed E-state index contributed by atoms with van der Waals surface area (Å²) in [5, 5.41) is 6.89. The van der Waals surface area contributed by atoms with Gasteiger partial charge >= 0.3 is 0 Å². The smallest absolute Gasteiger partial charge is 0.244 e. The first-order chi connectivity index (χ1) is 9.28. The molecule has 0 fully saturated rings. The monoisotopic (exact) mass is 289 g/mol. The fraction of sp³-hybridized carbons (Fsp3) is 0.133. The second-order valence-electron chi connectivity index (χ2n) is 3.96. The largest absolute Gasteiger partial charge is 0.348 e. The number of hydrogen-bond acceptors (Lipinski definition) is 3. The van der Waals surface area contributed by atoms with Gasteiger partial charge in [-0.2, -0.15) is 11.3 Å². The Morgan fingerprint density at radius 3 is 2.74 bits per heavy atom. The second kappa shape index (κ2) is 7.16. The number of hydrogen-bond donors (Lipinski definition) is 1. The van der Waals surface area contributed by atoms with Crippen molar-refractivity contribution in [3.05, 3.63) is 58.3 Å².